The molecule has 0 aliphatic heterocycles. The van der Waals surface area contributed by atoms with Crippen molar-refractivity contribution < 1.29 is 4.52 Å². The number of aryl methyl sites for hydroxylation is 1. The number of nitrogens with zero attached hydrogens (tertiary/aromatic N) is 4. The minimum atomic E-state index is 0.276. The van der Waals surface area contributed by atoms with E-state index in [2.05, 4.69) is 40.6 Å². The standard InChI is InChI=1S/C11H17N5O/c1-3-16-7-10(6-14-16)9(2)12-5-4-11-13-8-15-17-11/h6-9,12H,3-5H2,1-2H3. The van der Waals surface area contributed by atoms with Crippen LogP contribution in [-0.4, -0.2) is 26.5 Å². The molecule has 0 bridgehead atoms. The summed E-state index contributed by atoms with van der Waals surface area (Å²) in [6.45, 7) is 5.89. The van der Waals surface area contributed by atoms with Gasteiger partial charge in [0.15, 0.2) is 6.33 Å². The lowest BCUT2D eigenvalue weighted by molar-refractivity contribution is 0.372. The summed E-state index contributed by atoms with van der Waals surface area (Å²) in [5, 5.41) is 11.2. The van der Waals surface area contributed by atoms with Crippen molar-refractivity contribution in [3.8, 4) is 0 Å². The lowest BCUT2D eigenvalue weighted by atomic mass is 10.2. The van der Waals surface area contributed by atoms with Gasteiger partial charge in [-0.1, -0.05) is 5.16 Å². The van der Waals surface area contributed by atoms with Crippen molar-refractivity contribution in [2.45, 2.75) is 32.9 Å². The molecule has 2 rings (SSSR count). The fourth-order valence-corrected chi connectivity index (χ4v) is 1.60. The van der Waals surface area contributed by atoms with Gasteiger partial charge in [0.05, 0.1) is 6.20 Å². The molecule has 0 fully saturated rings. The van der Waals surface area contributed by atoms with Crippen LogP contribution >= 0.6 is 0 Å². The molecule has 2 aromatic heterocycles. The molecular weight excluding hydrogens is 218 g/mol. The van der Waals surface area contributed by atoms with Crippen molar-refractivity contribution in [3.63, 3.8) is 0 Å². The van der Waals surface area contributed by atoms with E-state index in [1.54, 1.807) is 0 Å². The quantitative estimate of drug-likeness (QED) is 0.814. The van der Waals surface area contributed by atoms with E-state index in [0.717, 1.165) is 19.5 Å². The van der Waals surface area contributed by atoms with E-state index in [-0.39, 0.29) is 6.04 Å². The first-order valence-electron chi connectivity index (χ1n) is 5.81. The van der Waals surface area contributed by atoms with Gasteiger partial charge in [0, 0.05) is 37.3 Å². The van der Waals surface area contributed by atoms with Crippen molar-refractivity contribution >= 4 is 0 Å². The maximum atomic E-state index is 4.92. The van der Waals surface area contributed by atoms with E-state index < -0.39 is 0 Å². The Bertz CT molecular complexity index is 436. The molecule has 2 aromatic rings. The summed E-state index contributed by atoms with van der Waals surface area (Å²) >= 11 is 0. The van der Waals surface area contributed by atoms with Gasteiger partial charge in [0.25, 0.3) is 0 Å². The summed E-state index contributed by atoms with van der Waals surface area (Å²) < 4.78 is 6.85. The molecule has 1 atom stereocenters. The molecule has 2 heterocycles. The molecule has 17 heavy (non-hydrogen) atoms. The highest BCUT2D eigenvalue weighted by molar-refractivity contribution is 5.09. The maximum absolute atomic E-state index is 4.92. The van der Waals surface area contributed by atoms with Gasteiger partial charge in [0.1, 0.15) is 0 Å². The molecule has 0 aromatic carbocycles. The van der Waals surface area contributed by atoms with Crippen molar-refractivity contribution in [2.24, 2.45) is 0 Å². The second-order valence-corrected chi connectivity index (χ2v) is 3.89. The molecule has 0 saturated heterocycles. The fraction of sp³-hybridized carbons (Fsp3) is 0.545. The van der Waals surface area contributed by atoms with Crippen LogP contribution in [0.1, 0.15) is 31.3 Å². The van der Waals surface area contributed by atoms with E-state index in [1.165, 1.54) is 11.9 Å². The Morgan fingerprint density at radius 3 is 3.06 bits per heavy atom. The number of hydrogen-bond donors (Lipinski definition) is 1. The molecule has 92 valence electrons. The third kappa shape index (κ3) is 3.13. The molecular formula is C11H17N5O. The largest absolute Gasteiger partial charge is 0.340 e. The molecule has 0 aliphatic carbocycles. The first kappa shape index (κ1) is 11.8. The van der Waals surface area contributed by atoms with Gasteiger partial charge in [-0.2, -0.15) is 10.1 Å². The van der Waals surface area contributed by atoms with Crippen molar-refractivity contribution in [1.82, 2.24) is 25.2 Å². The first-order chi connectivity index (χ1) is 8.29. The molecule has 0 amide bonds. The Hall–Kier alpha value is -1.69. The first-order valence-corrected chi connectivity index (χ1v) is 5.81. The summed E-state index contributed by atoms with van der Waals surface area (Å²) in [6, 6.07) is 0.276. The van der Waals surface area contributed by atoms with Gasteiger partial charge < -0.3 is 9.84 Å². The van der Waals surface area contributed by atoms with Gasteiger partial charge in [0.2, 0.25) is 5.89 Å². The van der Waals surface area contributed by atoms with Crippen molar-refractivity contribution in [2.75, 3.05) is 6.54 Å². The molecule has 1 N–H and O–H groups in total. The number of hydrogen-bond acceptors (Lipinski definition) is 5. The molecule has 0 aliphatic rings. The lowest BCUT2D eigenvalue weighted by Gasteiger charge is -2.10. The zero-order valence-electron chi connectivity index (χ0n) is 10.1. The molecule has 1 unspecified atom stereocenters. The fourth-order valence-electron chi connectivity index (χ4n) is 1.60. The minimum absolute atomic E-state index is 0.276. The average Bonchev–Trinajstić information content (AvgIpc) is 2.99. The molecule has 0 spiro atoms. The Morgan fingerprint density at radius 2 is 2.41 bits per heavy atom. The highest BCUT2D eigenvalue weighted by Crippen LogP contribution is 2.10. The van der Waals surface area contributed by atoms with Crippen molar-refractivity contribution in [3.05, 3.63) is 30.2 Å². The Morgan fingerprint density at radius 1 is 1.53 bits per heavy atom. The van der Waals surface area contributed by atoms with Crippen LogP contribution in [0.2, 0.25) is 0 Å². The SMILES string of the molecule is CCn1cc(C(C)NCCc2ncno2)cn1. The van der Waals surface area contributed by atoms with Crippen LogP contribution in [0.4, 0.5) is 0 Å². The van der Waals surface area contributed by atoms with Crippen LogP contribution in [-0.2, 0) is 13.0 Å². The third-order valence-corrected chi connectivity index (χ3v) is 2.67. The molecule has 0 radical (unpaired) electrons. The summed E-state index contributed by atoms with van der Waals surface area (Å²) in [4.78, 5) is 3.97. The highest BCUT2D eigenvalue weighted by Gasteiger charge is 2.07. The Kier molecular flexibility index (Phi) is 3.87. The second-order valence-electron chi connectivity index (χ2n) is 3.89. The smallest absolute Gasteiger partial charge is 0.227 e. The molecule has 6 nitrogen and oxygen atoms in total. The highest BCUT2D eigenvalue weighted by atomic mass is 16.5. The van der Waals surface area contributed by atoms with Gasteiger partial charge in [-0.3, -0.25) is 4.68 Å². The van der Waals surface area contributed by atoms with E-state index >= 15 is 0 Å². The summed E-state index contributed by atoms with van der Waals surface area (Å²) in [6.07, 6.45) is 6.12. The van der Waals surface area contributed by atoms with E-state index in [9.17, 15) is 0 Å². The third-order valence-electron chi connectivity index (χ3n) is 2.67. The van der Waals surface area contributed by atoms with Crippen LogP contribution in [0.25, 0.3) is 0 Å². The van der Waals surface area contributed by atoms with Crippen molar-refractivity contribution in [1.29, 1.82) is 0 Å². The van der Waals surface area contributed by atoms with Crippen LogP contribution in [0.15, 0.2) is 23.2 Å². The average molecular weight is 235 g/mol. The van der Waals surface area contributed by atoms with E-state index in [1.807, 2.05) is 10.9 Å². The summed E-state index contributed by atoms with van der Waals surface area (Å²) in [5.74, 6) is 0.661. The van der Waals surface area contributed by atoms with Crippen LogP contribution in [0, 0.1) is 0 Å². The molecule has 6 heteroatoms. The number of nitrogens with one attached hydrogen (secondary N) is 1. The summed E-state index contributed by atoms with van der Waals surface area (Å²) in [5.41, 5.74) is 1.19. The van der Waals surface area contributed by atoms with Crippen LogP contribution in [0.5, 0.6) is 0 Å². The maximum Gasteiger partial charge on any atom is 0.227 e. The normalized spacial score (nSPS) is 12.8. The number of rotatable bonds is 6. The lowest BCUT2D eigenvalue weighted by Crippen LogP contribution is -2.21. The van der Waals surface area contributed by atoms with Gasteiger partial charge in [-0.15, -0.1) is 0 Å². The monoisotopic (exact) mass is 235 g/mol. The van der Waals surface area contributed by atoms with Gasteiger partial charge in [-0.05, 0) is 13.8 Å². The van der Waals surface area contributed by atoms with Gasteiger partial charge in [-0.25, -0.2) is 0 Å². The molecule has 0 saturated carbocycles. The predicted octanol–water partition coefficient (Wildman–Crippen LogP) is 1.18. The zero-order chi connectivity index (χ0) is 12.1. The zero-order valence-corrected chi connectivity index (χ0v) is 10.1. The topological polar surface area (TPSA) is 68.8 Å². The minimum Gasteiger partial charge on any atom is -0.340 e. The second kappa shape index (κ2) is 5.58. The number of aromatic nitrogens is 4. The predicted molar refractivity (Wildman–Crippen MR) is 62.3 cm³/mol. The van der Waals surface area contributed by atoms with E-state index in [4.69, 9.17) is 4.52 Å². The van der Waals surface area contributed by atoms with Crippen LogP contribution < -0.4 is 5.32 Å². The Labute approximate surface area is 100 Å². The Balaban J connectivity index is 1.78. The summed E-state index contributed by atoms with van der Waals surface area (Å²) in [7, 11) is 0. The van der Waals surface area contributed by atoms with Gasteiger partial charge >= 0.3 is 0 Å². The van der Waals surface area contributed by atoms with E-state index in [0.29, 0.717) is 5.89 Å². The van der Waals surface area contributed by atoms with Crippen LogP contribution in [0.3, 0.4) is 0 Å².